The molecule has 0 aromatic carbocycles. The number of alkyl carbamates (subject to hydrolysis) is 1. The zero-order chi connectivity index (χ0) is 14.3. The average molecular weight is 264 g/mol. The van der Waals surface area contributed by atoms with Crippen LogP contribution in [0.15, 0.2) is 24.4 Å². The zero-order valence-corrected chi connectivity index (χ0v) is 11.6. The first kappa shape index (κ1) is 15.1. The van der Waals surface area contributed by atoms with Crippen LogP contribution in [0.4, 0.5) is 4.79 Å². The van der Waals surface area contributed by atoms with E-state index in [2.05, 4.69) is 10.3 Å². The van der Waals surface area contributed by atoms with Gasteiger partial charge in [-0.1, -0.05) is 6.07 Å². The number of nitrogens with zero attached hydrogens (tertiary/aromatic N) is 1. The fraction of sp³-hybridized carbons (Fsp3) is 0.500. The molecule has 0 aliphatic rings. The van der Waals surface area contributed by atoms with E-state index in [1.54, 1.807) is 27.0 Å². The van der Waals surface area contributed by atoms with Crippen LogP contribution in [-0.4, -0.2) is 29.5 Å². The standard InChI is InChI=1S/C14H20N2O3/c1-14(2,3)19-13(18)16-9-11(10-17)8-12-6-4-5-7-15-12/h4-7,10-11H,8-9H2,1-3H3,(H,16,18). The van der Waals surface area contributed by atoms with Crippen LogP contribution in [0.5, 0.6) is 0 Å². The second-order valence-electron chi connectivity index (χ2n) is 5.30. The van der Waals surface area contributed by atoms with Gasteiger partial charge in [-0.15, -0.1) is 0 Å². The van der Waals surface area contributed by atoms with Crippen LogP contribution < -0.4 is 5.32 Å². The summed E-state index contributed by atoms with van der Waals surface area (Å²) >= 11 is 0. The lowest BCUT2D eigenvalue weighted by Gasteiger charge is -2.20. The Balaban J connectivity index is 2.41. The first-order valence-electron chi connectivity index (χ1n) is 6.23. The highest BCUT2D eigenvalue weighted by Gasteiger charge is 2.17. The number of carbonyl (C=O) groups excluding carboxylic acids is 2. The quantitative estimate of drug-likeness (QED) is 0.825. The molecule has 0 aliphatic heterocycles. The molecular formula is C14H20N2O3. The molecule has 0 spiro atoms. The number of aldehydes is 1. The summed E-state index contributed by atoms with van der Waals surface area (Å²) in [6.45, 7) is 5.61. The largest absolute Gasteiger partial charge is 0.444 e. The highest BCUT2D eigenvalue weighted by atomic mass is 16.6. The average Bonchev–Trinajstić information content (AvgIpc) is 2.33. The predicted molar refractivity (Wildman–Crippen MR) is 71.7 cm³/mol. The molecule has 0 bridgehead atoms. The number of rotatable bonds is 5. The van der Waals surface area contributed by atoms with E-state index in [-0.39, 0.29) is 12.5 Å². The number of pyridine rings is 1. The molecular weight excluding hydrogens is 244 g/mol. The first-order valence-corrected chi connectivity index (χ1v) is 6.23. The Morgan fingerprint density at radius 2 is 2.21 bits per heavy atom. The SMILES string of the molecule is CC(C)(C)OC(=O)NCC(C=O)Cc1ccccn1. The maximum atomic E-state index is 11.5. The van der Waals surface area contributed by atoms with E-state index in [1.165, 1.54) is 0 Å². The summed E-state index contributed by atoms with van der Waals surface area (Å²) in [6.07, 6.45) is 2.49. The van der Waals surface area contributed by atoms with Crippen molar-refractivity contribution in [2.75, 3.05) is 6.54 Å². The molecule has 1 N–H and O–H groups in total. The molecule has 104 valence electrons. The smallest absolute Gasteiger partial charge is 0.407 e. The number of aromatic nitrogens is 1. The molecule has 0 saturated heterocycles. The lowest BCUT2D eigenvalue weighted by atomic mass is 10.0. The third kappa shape index (κ3) is 6.55. The monoisotopic (exact) mass is 264 g/mol. The van der Waals surface area contributed by atoms with Gasteiger partial charge in [0.15, 0.2) is 0 Å². The van der Waals surface area contributed by atoms with Crippen molar-refractivity contribution >= 4 is 12.4 Å². The van der Waals surface area contributed by atoms with Gasteiger partial charge in [-0.2, -0.15) is 0 Å². The number of amides is 1. The molecule has 0 saturated carbocycles. The highest BCUT2D eigenvalue weighted by Crippen LogP contribution is 2.07. The summed E-state index contributed by atoms with van der Waals surface area (Å²) in [6, 6.07) is 5.54. The van der Waals surface area contributed by atoms with Crippen LogP contribution >= 0.6 is 0 Å². The first-order chi connectivity index (χ1) is 8.90. The Labute approximate surface area is 113 Å². The van der Waals surface area contributed by atoms with Gasteiger partial charge < -0.3 is 14.8 Å². The van der Waals surface area contributed by atoms with Crippen LogP contribution in [0.2, 0.25) is 0 Å². The van der Waals surface area contributed by atoms with Gasteiger partial charge in [-0.05, 0) is 32.9 Å². The molecule has 1 rings (SSSR count). The minimum absolute atomic E-state index is 0.245. The van der Waals surface area contributed by atoms with E-state index < -0.39 is 11.7 Å². The van der Waals surface area contributed by atoms with E-state index >= 15 is 0 Å². The van der Waals surface area contributed by atoms with Gasteiger partial charge in [0, 0.05) is 30.8 Å². The summed E-state index contributed by atoms with van der Waals surface area (Å²) < 4.78 is 5.10. The van der Waals surface area contributed by atoms with Crippen molar-refractivity contribution in [1.82, 2.24) is 10.3 Å². The van der Waals surface area contributed by atoms with Crippen molar-refractivity contribution in [3.63, 3.8) is 0 Å². The predicted octanol–water partition coefficient (Wildman–Crippen LogP) is 1.96. The van der Waals surface area contributed by atoms with Crippen molar-refractivity contribution in [3.05, 3.63) is 30.1 Å². The Morgan fingerprint density at radius 3 is 2.74 bits per heavy atom. The fourth-order valence-electron chi connectivity index (χ4n) is 1.48. The normalized spacial score (nSPS) is 12.6. The maximum Gasteiger partial charge on any atom is 0.407 e. The molecule has 1 aromatic rings. The molecule has 0 fully saturated rings. The topological polar surface area (TPSA) is 68.3 Å². The lowest BCUT2D eigenvalue weighted by Crippen LogP contribution is -2.36. The molecule has 19 heavy (non-hydrogen) atoms. The molecule has 5 heteroatoms. The van der Waals surface area contributed by atoms with Crippen molar-refractivity contribution in [1.29, 1.82) is 0 Å². The van der Waals surface area contributed by atoms with Crippen molar-refractivity contribution in [2.45, 2.75) is 32.8 Å². The maximum absolute atomic E-state index is 11.5. The minimum Gasteiger partial charge on any atom is -0.444 e. The van der Waals surface area contributed by atoms with E-state index in [0.29, 0.717) is 6.42 Å². The third-order valence-electron chi connectivity index (χ3n) is 2.30. The second-order valence-corrected chi connectivity index (χ2v) is 5.30. The van der Waals surface area contributed by atoms with Gasteiger partial charge >= 0.3 is 6.09 Å². The molecule has 1 unspecified atom stereocenters. The Hall–Kier alpha value is -1.91. The number of hydrogen-bond acceptors (Lipinski definition) is 4. The van der Waals surface area contributed by atoms with E-state index in [9.17, 15) is 9.59 Å². The summed E-state index contributed by atoms with van der Waals surface area (Å²) in [4.78, 5) is 26.6. The van der Waals surface area contributed by atoms with Crippen LogP contribution in [0.3, 0.4) is 0 Å². The summed E-state index contributed by atoms with van der Waals surface area (Å²) in [5, 5.41) is 2.59. The highest BCUT2D eigenvalue weighted by molar-refractivity contribution is 5.68. The molecule has 0 radical (unpaired) electrons. The number of hydrogen-bond donors (Lipinski definition) is 1. The molecule has 0 aliphatic carbocycles. The van der Waals surface area contributed by atoms with E-state index in [1.807, 2.05) is 18.2 Å². The van der Waals surface area contributed by atoms with E-state index in [0.717, 1.165) is 12.0 Å². The van der Waals surface area contributed by atoms with Gasteiger partial charge in [-0.25, -0.2) is 4.79 Å². The Morgan fingerprint density at radius 1 is 1.47 bits per heavy atom. The molecule has 5 nitrogen and oxygen atoms in total. The fourth-order valence-corrected chi connectivity index (χ4v) is 1.48. The van der Waals surface area contributed by atoms with Gasteiger partial charge in [-0.3, -0.25) is 4.98 Å². The summed E-state index contributed by atoms with van der Waals surface area (Å²) in [5.41, 5.74) is 0.285. The number of carbonyl (C=O) groups is 2. The van der Waals surface area contributed by atoms with Gasteiger partial charge in [0.05, 0.1) is 0 Å². The van der Waals surface area contributed by atoms with Crippen molar-refractivity contribution in [2.24, 2.45) is 5.92 Å². The summed E-state index contributed by atoms with van der Waals surface area (Å²) in [7, 11) is 0. The van der Waals surface area contributed by atoms with Crippen molar-refractivity contribution < 1.29 is 14.3 Å². The summed E-state index contributed by atoms with van der Waals surface area (Å²) in [5.74, 6) is -0.303. The molecule has 1 atom stereocenters. The molecule has 1 heterocycles. The van der Waals surface area contributed by atoms with E-state index in [4.69, 9.17) is 4.74 Å². The van der Waals surface area contributed by atoms with Crippen LogP contribution in [-0.2, 0) is 16.0 Å². The second kappa shape index (κ2) is 6.87. The van der Waals surface area contributed by atoms with Gasteiger partial charge in [0.1, 0.15) is 11.9 Å². The van der Waals surface area contributed by atoms with Gasteiger partial charge in [0.2, 0.25) is 0 Å². The number of ether oxygens (including phenoxy) is 1. The van der Waals surface area contributed by atoms with Crippen LogP contribution in [0.25, 0.3) is 0 Å². The Kier molecular flexibility index (Phi) is 5.48. The van der Waals surface area contributed by atoms with Gasteiger partial charge in [0.25, 0.3) is 0 Å². The molecule has 1 aromatic heterocycles. The van der Waals surface area contributed by atoms with Crippen LogP contribution in [0.1, 0.15) is 26.5 Å². The minimum atomic E-state index is -0.540. The zero-order valence-electron chi connectivity index (χ0n) is 11.6. The van der Waals surface area contributed by atoms with Crippen molar-refractivity contribution in [3.8, 4) is 0 Å². The lowest BCUT2D eigenvalue weighted by molar-refractivity contribution is -0.110. The Bertz CT molecular complexity index is 412. The van der Waals surface area contributed by atoms with Crippen LogP contribution in [0, 0.1) is 5.92 Å². The third-order valence-corrected chi connectivity index (χ3v) is 2.30. The molecule has 1 amide bonds. The number of nitrogens with one attached hydrogen (secondary N) is 1.